The number of ether oxygens (including phenoxy) is 2. The largest absolute Gasteiger partial charge is 0.483 e. The van der Waals surface area contributed by atoms with Gasteiger partial charge in [0.2, 0.25) is 11.8 Å². The molecule has 2 saturated heterocycles. The van der Waals surface area contributed by atoms with Gasteiger partial charge in [-0.3, -0.25) is 29.3 Å². The van der Waals surface area contributed by atoms with Crippen molar-refractivity contribution in [2.24, 2.45) is 5.92 Å². The number of benzene rings is 1. The molecule has 3 heterocycles. The Morgan fingerprint density at radius 1 is 1.09 bits per heavy atom. The molecule has 188 valence electrons. The maximum Gasteiger partial charge on any atom is 0.309 e. The molecule has 1 atom stereocenters. The highest BCUT2D eigenvalue weighted by Crippen LogP contribution is 2.33. The quantitative estimate of drug-likeness (QED) is 0.494. The van der Waals surface area contributed by atoms with E-state index in [9.17, 15) is 24.0 Å². The van der Waals surface area contributed by atoms with Crippen molar-refractivity contribution in [2.75, 3.05) is 19.7 Å². The summed E-state index contributed by atoms with van der Waals surface area (Å²) in [6.45, 7) is 6.37. The summed E-state index contributed by atoms with van der Waals surface area (Å²) in [5.41, 5.74) is 0.514. The number of piperidine rings is 2. The fourth-order valence-electron chi connectivity index (χ4n) is 4.67. The second-order valence-corrected chi connectivity index (χ2v) is 10.2. The molecule has 4 amide bonds. The molecule has 0 aliphatic carbocycles. The first-order chi connectivity index (χ1) is 16.5. The van der Waals surface area contributed by atoms with E-state index in [0.29, 0.717) is 42.8 Å². The van der Waals surface area contributed by atoms with Gasteiger partial charge in [-0.15, -0.1) is 0 Å². The van der Waals surface area contributed by atoms with Crippen molar-refractivity contribution in [3.63, 3.8) is 0 Å². The number of carbonyl (C=O) groups excluding carboxylic acids is 5. The summed E-state index contributed by atoms with van der Waals surface area (Å²) in [6, 6.07) is 4.33. The smallest absolute Gasteiger partial charge is 0.309 e. The van der Waals surface area contributed by atoms with Crippen molar-refractivity contribution in [2.45, 2.75) is 64.6 Å². The first-order valence-corrected chi connectivity index (χ1v) is 11.9. The first kappa shape index (κ1) is 24.7. The van der Waals surface area contributed by atoms with Crippen LogP contribution in [0.25, 0.3) is 0 Å². The number of rotatable bonds is 5. The molecule has 2 fully saturated rings. The minimum atomic E-state index is -0.714. The molecule has 0 radical (unpaired) electrons. The molecule has 3 aliphatic rings. The van der Waals surface area contributed by atoms with Crippen LogP contribution in [0, 0.1) is 5.92 Å². The summed E-state index contributed by atoms with van der Waals surface area (Å²) >= 11 is 0. The van der Waals surface area contributed by atoms with E-state index < -0.39 is 17.6 Å². The maximum atomic E-state index is 12.9. The summed E-state index contributed by atoms with van der Waals surface area (Å²) in [5.74, 6) is -1.34. The molecule has 35 heavy (non-hydrogen) atoms. The molecule has 1 aromatic carbocycles. The zero-order chi connectivity index (χ0) is 25.3. The van der Waals surface area contributed by atoms with E-state index in [2.05, 4.69) is 5.32 Å². The Morgan fingerprint density at radius 3 is 2.46 bits per heavy atom. The molecule has 0 bridgehead atoms. The standard InChI is InChI=1S/C25H31N3O7/c1-25(2,3)35-24(33)15-9-11-27(12-10-15)21(30)14-34-19-6-4-5-16-17(19)13-28(23(16)32)18-7-8-20(29)26-22(18)31/h4-6,15,18H,7-14H2,1-3H3,(H,26,29,31). The second kappa shape index (κ2) is 9.67. The molecule has 10 heteroatoms. The van der Waals surface area contributed by atoms with Gasteiger partial charge in [0.05, 0.1) is 12.5 Å². The molecule has 10 nitrogen and oxygen atoms in total. The molecule has 1 aromatic rings. The lowest BCUT2D eigenvalue weighted by Gasteiger charge is -2.32. The van der Waals surface area contributed by atoms with Crippen LogP contribution in [0.4, 0.5) is 0 Å². The third kappa shape index (κ3) is 5.47. The third-order valence-electron chi connectivity index (χ3n) is 6.48. The molecular formula is C25H31N3O7. The maximum absolute atomic E-state index is 12.9. The molecule has 1 unspecified atom stereocenters. The molecular weight excluding hydrogens is 454 g/mol. The Balaban J connectivity index is 1.33. The van der Waals surface area contributed by atoms with Crippen LogP contribution in [0.1, 0.15) is 62.4 Å². The Morgan fingerprint density at radius 2 is 1.80 bits per heavy atom. The van der Waals surface area contributed by atoms with Crippen LogP contribution in [0.3, 0.4) is 0 Å². The second-order valence-electron chi connectivity index (χ2n) is 10.2. The SMILES string of the molecule is CC(C)(C)OC(=O)C1CCN(C(=O)COc2cccc3c2CN(C2CCC(=O)NC2=O)C3=O)CC1. The number of amides is 4. The first-order valence-electron chi connectivity index (χ1n) is 11.9. The van der Waals surface area contributed by atoms with Gasteiger partial charge < -0.3 is 19.3 Å². The van der Waals surface area contributed by atoms with Gasteiger partial charge in [0, 0.05) is 30.6 Å². The van der Waals surface area contributed by atoms with E-state index in [1.54, 1.807) is 23.1 Å². The van der Waals surface area contributed by atoms with E-state index >= 15 is 0 Å². The zero-order valence-corrected chi connectivity index (χ0v) is 20.3. The number of hydrogen-bond acceptors (Lipinski definition) is 7. The zero-order valence-electron chi connectivity index (χ0n) is 20.3. The van der Waals surface area contributed by atoms with Crippen molar-refractivity contribution in [1.29, 1.82) is 0 Å². The van der Waals surface area contributed by atoms with Gasteiger partial charge >= 0.3 is 5.97 Å². The third-order valence-corrected chi connectivity index (χ3v) is 6.48. The van der Waals surface area contributed by atoms with Crippen molar-refractivity contribution in [3.05, 3.63) is 29.3 Å². The summed E-state index contributed by atoms with van der Waals surface area (Å²) in [5, 5.41) is 2.28. The molecule has 0 aromatic heterocycles. The van der Waals surface area contributed by atoms with Gasteiger partial charge in [0.15, 0.2) is 6.61 Å². The lowest BCUT2D eigenvalue weighted by Crippen LogP contribution is -2.52. The van der Waals surface area contributed by atoms with Gasteiger partial charge in [-0.1, -0.05) is 6.07 Å². The summed E-state index contributed by atoms with van der Waals surface area (Å²) < 4.78 is 11.3. The molecule has 1 N–H and O–H groups in total. The minimum absolute atomic E-state index is 0.173. The van der Waals surface area contributed by atoms with Crippen molar-refractivity contribution < 1.29 is 33.4 Å². The van der Waals surface area contributed by atoms with Gasteiger partial charge in [0.25, 0.3) is 11.8 Å². The Kier molecular flexibility index (Phi) is 6.82. The fraction of sp³-hybridized carbons (Fsp3) is 0.560. The van der Waals surface area contributed by atoms with Gasteiger partial charge in [-0.05, 0) is 52.2 Å². The average molecular weight is 486 g/mol. The number of hydrogen-bond donors (Lipinski definition) is 1. The van der Waals surface area contributed by atoms with Crippen LogP contribution in [-0.4, -0.2) is 70.7 Å². The predicted molar refractivity (Wildman–Crippen MR) is 123 cm³/mol. The van der Waals surface area contributed by atoms with Crippen LogP contribution >= 0.6 is 0 Å². The lowest BCUT2D eigenvalue weighted by molar-refractivity contribution is -0.162. The van der Waals surface area contributed by atoms with Gasteiger partial charge in [-0.25, -0.2) is 0 Å². The highest BCUT2D eigenvalue weighted by atomic mass is 16.6. The monoisotopic (exact) mass is 485 g/mol. The predicted octanol–water partition coefficient (Wildman–Crippen LogP) is 1.41. The molecule has 3 aliphatic heterocycles. The van der Waals surface area contributed by atoms with E-state index in [1.807, 2.05) is 20.8 Å². The van der Waals surface area contributed by atoms with Crippen LogP contribution in [-0.2, 0) is 30.5 Å². The van der Waals surface area contributed by atoms with Crippen LogP contribution < -0.4 is 10.1 Å². The topological polar surface area (TPSA) is 122 Å². The summed E-state index contributed by atoms with van der Waals surface area (Å²) in [7, 11) is 0. The van der Waals surface area contributed by atoms with Crippen LogP contribution in [0.2, 0.25) is 0 Å². The number of carbonyl (C=O) groups is 5. The van der Waals surface area contributed by atoms with Gasteiger partial charge in [-0.2, -0.15) is 0 Å². The fourth-order valence-corrected chi connectivity index (χ4v) is 4.67. The number of esters is 1. The van der Waals surface area contributed by atoms with E-state index in [0.717, 1.165) is 0 Å². The van der Waals surface area contributed by atoms with E-state index in [4.69, 9.17) is 9.47 Å². The number of imide groups is 1. The molecule has 0 spiro atoms. The van der Waals surface area contributed by atoms with Crippen LogP contribution in [0.5, 0.6) is 5.75 Å². The number of nitrogens with zero attached hydrogens (tertiary/aromatic N) is 2. The van der Waals surface area contributed by atoms with Gasteiger partial charge in [0.1, 0.15) is 17.4 Å². The summed E-state index contributed by atoms with van der Waals surface area (Å²) in [6.07, 6.45) is 1.53. The van der Waals surface area contributed by atoms with Crippen LogP contribution in [0.15, 0.2) is 18.2 Å². The molecule has 0 saturated carbocycles. The van der Waals surface area contributed by atoms with E-state index in [1.165, 1.54) is 4.90 Å². The minimum Gasteiger partial charge on any atom is -0.483 e. The van der Waals surface area contributed by atoms with Crippen molar-refractivity contribution in [1.82, 2.24) is 15.1 Å². The van der Waals surface area contributed by atoms with Crippen molar-refractivity contribution >= 4 is 29.6 Å². The van der Waals surface area contributed by atoms with Crippen molar-refractivity contribution in [3.8, 4) is 5.75 Å². The summed E-state index contributed by atoms with van der Waals surface area (Å²) in [4.78, 5) is 64.8. The Hall–Kier alpha value is -3.43. The Bertz CT molecular complexity index is 1050. The lowest BCUT2D eigenvalue weighted by atomic mass is 9.96. The normalized spacial score (nSPS) is 21.0. The number of fused-ring (bicyclic) bond motifs is 1. The Labute approximate surface area is 203 Å². The van der Waals surface area contributed by atoms with E-state index in [-0.39, 0.29) is 55.6 Å². The number of nitrogens with one attached hydrogen (secondary N) is 1. The number of likely N-dealkylation sites (tertiary alicyclic amines) is 1. The highest BCUT2D eigenvalue weighted by molar-refractivity contribution is 6.05. The average Bonchev–Trinajstić information content (AvgIpc) is 3.13. The molecule has 4 rings (SSSR count). The highest BCUT2D eigenvalue weighted by Gasteiger charge is 2.40.